The van der Waals surface area contributed by atoms with Crippen molar-refractivity contribution in [3.8, 4) is 23.1 Å². The molecule has 45 heavy (non-hydrogen) atoms. The molecule has 3 N–H and O–H groups in total. The summed E-state index contributed by atoms with van der Waals surface area (Å²) in [6, 6.07) is 1.71. The molecule has 242 valence electrons. The Morgan fingerprint density at radius 2 is 2.02 bits per heavy atom. The van der Waals surface area contributed by atoms with E-state index in [2.05, 4.69) is 32.0 Å². The number of nitrogens with one attached hydrogen (secondary N) is 1. The summed E-state index contributed by atoms with van der Waals surface area (Å²) in [6.07, 6.45) is -2.26. The monoisotopic (exact) mass is 633 g/mol. The molecule has 6 heterocycles. The number of nitrogens with two attached hydrogens (primary N) is 1. The number of benzene rings is 1. The van der Waals surface area contributed by atoms with Crippen LogP contribution < -0.4 is 25.4 Å². The number of hydrogen-bond donors (Lipinski definition) is 2. The van der Waals surface area contributed by atoms with Crippen LogP contribution in [-0.2, 0) is 6.42 Å². The second kappa shape index (κ2) is 11.4. The van der Waals surface area contributed by atoms with Gasteiger partial charge in [-0.3, -0.25) is 4.90 Å². The van der Waals surface area contributed by atoms with Crippen molar-refractivity contribution >= 4 is 22.4 Å². The van der Waals surface area contributed by atoms with E-state index >= 15 is 4.39 Å². The topological polar surface area (TPSA) is 102 Å². The molecule has 4 aliphatic rings. The highest BCUT2D eigenvalue weighted by molar-refractivity contribution is 5.97. The number of anilines is 2. The molecule has 3 aromatic rings. The van der Waals surface area contributed by atoms with Crippen LogP contribution in [0.15, 0.2) is 12.1 Å². The molecule has 0 bridgehead atoms. The molecule has 3 fully saturated rings. The lowest BCUT2D eigenvalue weighted by Gasteiger charge is -2.43. The molecule has 0 radical (unpaired) electrons. The van der Waals surface area contributed by atoms with Gasteiger partial charge in [0.15, 0.2) is 5.82 Å². The minimum atomic E-state index is -2.83. The fourth-order valence-corrected chi connectivity index (χ4v) is 7.79. The van der Waals surface area contributed by atoms with E-state index in [-0.39, 0.29) is 64.0 Å². The van der Waals surface area contributed by atoms with E-state index in [0.717, 1.165) is 37.9 Å². The number of rotatable bonds is 7. The maximum atomic E-state index is 16.7. The average molecular weight is 634 g/mol. The van der Waals surface area contributed by atoms with Crippen LogP contribution in [0.5, 0.6) is 11.9 Å². The molecular weight excluding hydrogens is 597 g/mol. The first-order valence-electron chi connectivity index (χ1n) is 15.5. The van der Waals surface area contributed by atoms with Crippen LogP contribution >= 0.6 is 0 Å². The van der Waals surface area contributed by atoms with E-state index in [1.54, 1.807) is 0 Å². The van der Waals surface area contributed by atoms with Gasteiger partial charge in [0.05, 0.1) is 17.3 Å². The Kier molecular flexibility index (Phi) is 7.62. The summed E-state index contributed by atoms with van der Waals surface area (Å²) in [6.45, 7) is 6.39. The Morgan fingerprint density at radius 1 is 1.20 bits per heavy atom. The SMILES string of the molecule is CC[C@@H]1NCCN2c3nc(OC[C@@]45CCCN4C[C@H](F)C5)nc4c(F)c(-c5cc(N)c(F)cc5CC(F)F)nc(c34)O[C@@H](C)[C@H]12. The number of alkyl halides is 3. The third-order valence-corrected chi connectivity index (χ3v) is 9.82. The van der Waals surface area contributed by atoms with Crippen molar-refractivity contribution in [3.63, 3.8) is 0 Å². The highest BCUT2D eigenvalue weighted by Gasteiger charge is 2.49. The first kappa shape index (κ1) is 30.2. The Hall–Kier alpha value is -3.52. The van der Waals surface area contributed by atoms with Crippen LogP contribution in [0.2, 0.25) is 0 Å². The largest absolute Gasteiger partial charge is 0.472 e. The molecule has 0 spiro atoms. The number of hydrogen-bond acceptors (Lipinski definition) is 9. The van der Waals surface area contributed by atoms with E-state index in [9.17, 15) is 17.6 Å². The number of nitrogens with zero attached hydrogens (tertiary/aromatic N) is 5. The number of ether oxygens (including phenoxy) is 2. The standard InChI is InChI=1S/C31H36F5N7O2/c1-3-21-27-15(2)45-29-23-26(24(36)25(39-29)18-11-20(37)19(33)9-16(18)10-22(34)35)40-30(41-28(23)43(27)8-6-38-21)44-14-31-5-4-7-42(31)13-17(32)12-31/h9,11,15,17,21-22,27,38H,3-8,10,12-14,37H2,1-2H3/t15-,17+,21-,27+,31-/m0/s1. The number of fused-ring (bicyclic) bond motifs is 3. The van der Waals surface area contributed by atoms with E-state index in [1.807, 2.05) is 6.92 Å². The Labute approximate surface area is 257 Å². The number of piperazine rings is 1. The Bertz CT molecular complexity index is 1630. The fraction of sp³-hybridized carbons (Fsp3) is 0.581. The van der Waals surface area contributed by atoms with Gasteiger partial charge in [0.25, 0.3) is 0 Å². The van der Waals surface area contributed by atoms with Crippen molar-refractivity contribution in [2.24, 2.45) is 0 Å². The lowest BCUT2D eigenvalue weighted by Crippen LogP contribution is -2.62. The third kappa shape index (κ3) is 5.09. The highest BCUT2D eigenvalue weighted by Crippen LogP contribution is 2.44. The smallest absolute Gasteiger partial charge is 0.319 e. The lowest BCUT2D eigenvalue weighted by molar-refractivity contribution is 0.107. The van der Waals surface area contributed by atoms with Gasteiger partial charge in [-0.25, -0.2) is 26.9 Å². The van der Waals surface area contributed by atoms with Gasteiger partial charge in [-0.15, -0.1) is 0 Å². The molecule has 4 aliphatic heterocycles. The molecule has 2 aromatic heterocycles. The zero-order valence-corrected chi connectivity index (χ0v) is 25.1. The summed E-state index contributed by atoms with van der Waals surface area (Å²) in [4.78, 5) is 18.0. The van der Waals surface area contributed by atoms with Crippen molar-refractivity contribution in [2.75, 3.05) is 43.4 Å². The minimum absolute atomic E-state index is 0.0159. The third-order valence-electron chi connectivity index (χ3n) is 9.82. The molecule has 9 nitrogen and oxygen atoms in total. The van der Waals surface area contributed by atoms with Crippen LogP contribution in [0.4, 0.5) is 33.5 Å². The van der Waals surface area contributed by atoms with Crippen LogP contribution in [0.1, 0.15) is 45.1 Å². The van der Waals surface area contributed by atoms with Gasteiger partial charge in [-0.1, -0.05) is 6.92 Å². The predicted octanol–water partition coefficient (Wildman–Crippen LogP) is 4.65. The highest BCUT2D eigenvalue weighted by atomic mass is 19.3. The molecule has 1 aromatic carbocycles. The number of nitrogen functional groups attached to an aromatic ring is 1. The molecule has 0 amide bonds. The van der Waals surface area contributed by atoms with E-state index in [1.165, 1.54) is 0 Å². The van der Waals surface area contributed by atoms with Crippen molar-refractivity contribution < 1.29 is 31.4 Å². The van der Waals surface area contributed by atoms with Crippen LogP contribution in [-0.4, -0.2) is 89.0 Å². The zero-order valence-electron chi connectivity index (χ0n) is 25.1. The fourth-order valence-electron chi connectivity index (χ4n) is 7.79. The van der Waals surface area contributed by atoms with E-state index in [4.69, 9.17) is 20.2 Å². The number of halogens is 5. The quantitative estimate of drug-likeness (QED) is 0.285. The van der Waals surface area contributed by atoms with Crippen LogP contribution in [0.25, 0.3) is 22.2 Å². The normalized spacial score (nSPS) is 27.9. The van der Waals surface area contributed by atoms with Gasteiger partial charge < -0.3 is 25.4 Å². The van der Waals surface area contributed by atoms with E-state index < -0.39 is 42.3 Å². The average Bonchev–Trinajstić information content (AvgIpc) is 3.50. The Morgan fingerprint density at radius 3 is 2.80 bits per heavy atom. The number of pyridine rings is 1. The van der Waals surface area contributed by atoms with Crippen molar-refractivity contribution in [1.82, 2.24) is 25.2 Å². The van der Waals surface area contributed by atoms with Gasteiger partial charge in [0.1, 0.15) is 47.1 Å². The van der Waals surface area contributed by atoms with E-state index in [0.29, 0.717) is 31.9 Å². The first-order chi connectivity index (χ1) is 21.6. The summed E-state index contributed by atoms with van der Waals surface area (Å²) < 4.78 is 85.4. The summed E-state index contributed by atoms with van der Waals surface area (Å²) >= 11 is 0. The maximum Gasteiger partial charge on any atom is 0.319 e. The molecule has 0 saturated carbocycles. The molecule has 5 atom stereocenters. The van der Waals surface area contributed by atoms with Crippen LogP contribution in [0, 0.1) is 11.6 Å². The zero-order chi connectivity index (χ0) is 31.6. The molecule has 14 heteroatoms. The maximum absolute atomic E-state index is 16.7. The predicted molar refractivity (Wildman–Crippen MR) is 159 cm³/mol. The van der Waals surface area contributed by atoms with Gasteiger partial charge in [0.2, 0.25) is 12.3 Å². The second-order valence-corrected chi connectivity index (χ2v) is 12.6. The summed E-state index contributed by atoms with van der Waals surface area (Å²) in [5.74, 6) is -1.40. The van der Waals surface area contributed by atoms with Gasteiger partial charge in [-0.05, 0) is 50.4 Å². The lowest BCUT2D eigenvalue weighted by atomic mass is 9.95. The van der Waals surface area contributed by atoms with Gasteiger partial charge in [0, 0.05) is 44.1 Å². The second-order valence-electron chi connectivity index (χ2n) is 12.6. The minimum Gasteiger partial charge on any atom is -0.472 e. The number of aromatic nitrogens is 3. The molecule has 7 rings (SSSR count). The van der Waals surface area contributed by atoms with Crippen molar-refractivity contribution in [3.05, 3.63) is 29.3 Å². The van der Waals surface area contributed by atoms with Crippen molar-refractivity contribution in [1.29, 1.82) is 0 Å². The summed E-state index contributed by atoms with van der Waals surface area (Å²) in [5, 5.41) is 3.75. The van der Waals surface area contributed by atoms with Gasteiger partial charge >= 0.3 is 6.01 Å². The molecule has 0 aliphatic carbocycles. The molecule has 3 saturated heterocycles. The Balaban J connectivity index is 1.41. The first-order valence-corrected chi connectivity index (χ1v) is 15.5. The molecule has 0 unspecified atom stereocenters. The van der Waals surface area contributed by atoms with Crippen molar-refractivity contribution in [2.45, 2.75) is 82.3 Å². The summed E-state index contributed by atoms with van der Waals surface area (Å²) in [5.41, 5.74) is 4.24. The van der Waals surface area contributed by atoms with Gasteiger partial charge in [-0.2, -0.15) is 9.97 Å². The van der Waals surface area contributed by atoms with Crippen LogP contribution in [0.3, 0.4) is 0 Å². The summed E-state index contributed by atoms with van der Waals surface area (Å²) in [7, 11) is 0. The molecular formula is C31H36F5N7O2.